The molecule has 2 N–H and O–H groups in total. The van der Waals surface area contributed by atoms with E-state index in [1.165, 1.54) is 12.1 Å². The maximum atomic E-state index is 15.4. The van der Waals surface area contributed by atoms with E-state index in [1.54, 1.807) is 11.0 Å². The summed E-state index contributed by atoms with van der Waals surface area (Å²) in [6, 6.07) is 10.3. The molecule has 1 amide bonds. The minimum absolute atomic E-state index is 0.00994. The number of piperazine rings is 1. The van der Waals surface area contributed by atoms with E-state index >= 15 is 4.39 Å². The zero-order valence-corrected chi connectivity index (χ0v) is 17.6. The first kappa shape index (κ1) is 20.5. The number of rotatable bonds is 3. The number of hydrogen-bond acceptors (Lipinski definition) is 5. The van der Waals surface area contributed by atoms with Crippen molar-refractivity contribution in [2.75, 3.05) is 26.2 Å². The van der Waals surface area contributed by atoms with Crippen molar-refractivity contribution in [3.8, 4) is 5.75 Å². The molecule has 1 aliphatic heterocycles. The van der Waals surface area contributed by atoms with Crippen LogP contribution in [-0.2, 0) is 4.79 Å². The summed E-state index contributed by atoms with van der Waals surface area (Å²) in [5, 5.41) is 20.6. The van der Waals surface area contributed by atoms with Crippen molar-refractivity contribution >= 4 is 52.7 Å². The van der Waals surface area contributed by atoms with Crippen LogP contribution in [0.15, 0.2) is 63.9 Å². The van der Waals surface area contributed by atoms with E-state index in [0.29, 0.717) is 36.8 Å². The maximum absolute atomic E-state index is 15.4. The number of phenolic OH excluding ortho intramolecular Hbond substituents is 1. The Morgan fingerprint density at radius 1 is 1.20 bits per heavy atom. The van der Waals surface area contributed by atoms with Gasteiger partial charge in [-0.1, -0.05) is 35.9 Å². The number of aromatic hydroxyl groups is 1. The van der Waals surface area contributed by atoms with Gasteiger partial charge in [0.1, 0.15) is 11.5 Å². The highest BCUT2D eigenvalue weighted by Gasteiger charge is 2.29. The number of carbonyl (C=O) groups excluding carboxylic acids is 1. The predicted molar refractivity (Wildman–Crippen MR) is 121 cm³/mol. The highest BCUT2D eigenvalue weighted by Crippen LogP contribution is 2.42. The van der Waals surface area contributed by atoms with Gasteiger partial charge in [-0.25, -0.2) is 4.39 Å². The molecule has 30 heavy (non-hydrogen) atoms. The number of amides is 1. The fourth-order valence-electron chi connectivity index (χ4n) is 3.75. The summed E-state index contributed by atoms with van der Waals surface area (Å²) in [6.07, 6.45) is 2.34. The summed E-state index contributed by atoms with van der Waals surface area (Å²) < 4.78 is 15.4. The molecular formula is C22H19ClFN3O2S. The summed E-state index contributed by atoms with van der Waals surface area (Å²) in [7, 11) is 0. The lowest BCUT2D eigenvalue weighted by Gasteiger charge is -2.35. The molecule has 0 atom stereocenters. The number of nitrogens with one attached hydrogen (secondary N) is 1. The Morgan fingerprint density at radius 3 is 2.60 bits per heavy atom. The van der Waals surface area contributed by atoms with Crippen LogP contribution in [0.4, 0.5) is 4.39 Å². The minimum atomic E-state index is -0.772. The molecule has 0 radical (unpaired) electrons. The van der Waals surface area contributed by atoms with Crippen LogP contribution in [0, 0.1) is 5.41 Å². The van der Waals surface area contributed by atoms with E-state index in [4.69, 9.17) is 17.0 Å². The summed E-state index contributed by atoms with van der Waals surface area (Å²) in [5.74, 6) is -0.782. The normalized spacial score (nSPS) is 19.3. The molecule has 8 heteroatoms. The lowest BCUT2D eigenvalue weighted by atomic mass is 9.91. The molecule has 0 aromatic heterocycles. The number of allylic oxidation sites excluding steroid dienone is 5. The Bertz CT molecular complexity index is 1150. The zero-order chi connectivity index (χ0) is 21.4. The number of thiol groups is 1. The van der Waals surface area contributed by atoms with Crippen molar-refractivity contribution in [1.82, 2.24) is 9.80 Å². The molecule has 1 aliphatic carbocycles. The van der Waals surface area contributed by atoms with Crippen LogP contribution in [0.25, 0.3) is 16.3 Å². The Kier molecular flexibility index (Phi) is 5.58. The molecular weight excluding hydrogens is 425 g/mol. The van der Waals surface area contributed by atoms with Gasteiger partial charge in [0.15, 0.2) is 5.83 Å². The van der Waals surface area contributed by atoms with E-state index in [-0.39, 0.29) is 27.6 Å². The molecule has 0 bridgehead atoms. The predicted octanol–water partition coefficient (Wildman–Crippen LogP) is 4.30. The molecule has 2 aromatic carbocycles. The SMILES string of the molecule is N=C1C(F)=C(c2cc(O)cc3ccccc23)C(Cl)=C/C1=C(/S)N1CCN(C=O)CC1. The summed E-state index contributed by atoms with van der Waals surface area (Å²) in [5.41, 5.74) is 0.469. The number of benzene rings is 2. The quantitative estimate of drug-likeness (QED) is 0.489. The number of phenols is 1. The molecule has 5 nitrogen and oxygen atoms in total. The van der Waals surface area contributed by atoms with Gasteiger partial charge in [-0.3, -0.25) is 10.2 Å². The van der Waals surface area contributed by atoms with E-state index < -0.39 is 5.83 Å². The van der Waals surface area contributed by atoms with Gasteiger partial charge in [-0.05, 0) is 34.5 Å². The van der Waals surface area contributed by atoms with E-state index in [0.717, 1.165) is 17.2 Å². The number of nitrogens with zero attached hydrogens (tertiary/aromatic N) is 2. The Morgan fingerprint density at radius 2 is 1.90 bits per heavy atom. The van der Waals surface area contributed by atoms with Gasteiger partial charge in [0, 0.05) is 37.3 Å². The lowest BCUT2D eigenvalue weighted by Crippen LogP contribution is -2.44. The molecule has 2 aromatic rings. The highest BCUT2D eigenvalue weighted by atomic mass is 35.5. The van der Waals surface area contributed by atoms with Crippen LogP contribution in [0.3, 0.4) is 0 Å². The highest BCUT2D eigenvalue weighted by molar-refractivity contribution is 7.84. The van der Waals surface area contributed by atoms with Gasteiger partial charge in [-0.2, -0.15) is 0 Å². The number of hydrogen-bond donors (Lipinski definition) is 3. The third-order valence-corrected chi connectivity index (χ3v) is 6.16. The first-order valence-electron chi connectivity index (χ1n) is 9.37. The smallest absolute Gasteiger partial charge is 0.209 e. The van der Waals surface area contributed by atoms with Crippen LogP contribution < -0.4 is 0 Å². The molecule has 1 fully saturated rings. The van der Waals surface area contributed by atoms with Crippen LogP contribution in [-0.4, -0.2) is 53.2 Å². The number of halogens is 2. The van der Waals surface area contributed by atoms with Gasteiger partial charge in [-0.15, -0.1) is 12.6 Å². The molecule has 2 aliphatic rings. The maximum Gasteiger partial charge on any atom is 0.209 e. The van der Waals surface area contributed by atoms with Crippen LogP contribution in [0.2, 0.25) is 0 Å². The third kappa shape index (κ3) is 3.59. The Hall–Kier alpha value is -2.77. The van der Waals surface area contributed by atoms with Gasteiger partial charge >= 0.3 is 0 Å². The van der Waals surface area contributed by atoms with Crippen molar-refractivity contribution in [1.29, 1.82) is 5.41 Å². The summed E-state index contributed by atoms with van der Waals surface area (Å²) >= 11 is 11.0. The standard InChI is InChI=1S/C22H19ClFN3O2S/c23-18-11-17(22(30)27-7-5-26(12-28)6-8-27)21(25)20(24)19(18)16-10-14(29)9-13-3-1-2-4-15(13)16/h1-4,9-12,25,29-30H,5-8H2/b22-17-,25-21?. The number of fused-ring (bicyclic) bond motifs is 1. The van der Waals surface area contributed by atoms with Crippen LogP contribution >= 0.6 is 24.2 Å². The molecule has 154 valence electrons. The first-order valence-corrected chi connectivity index (χ1v) is 10.2. The van der Waals surface area contributed by atoms with Gasteiger partial charge in [0.2, 0.25) is 6.41 Å². The molecule has 0 unspecified atom stereocenters. The minimum Gasteiger partial charge on any atom is -0.508 e. The molecule has 1 saturated heterocycles. The third-order valence-electron chi connectivity index (χ3n) is 5.34. The molecule has 1 heterocycles. The molecule has 0 spiro atoms. The van der Waals surface area contributed by atoms with Gasteiger partial charge in [0.05, 0.1) is 10.1 Å². The van der Waals surface area contributed by atoms with E-state index in [1.807, 2.05) is 29.2 Å². The second-order valence-electron chi connectivity index (χ2n) is 7.14. The van der Waals surface area contributed by atoms with E-state index in [9.17, 15) is 9.90 Å². The van der Waals surface area contributed by atoms with Crippen molar-refractivity contribution in [2.24, 2.45) is 0 Å². The average Bonchev–Trinajstić information content (AvgIpc) is 2.75. The fraction of sp³-hybridized carbons (Fsp3) is 0.182. The Labute approximate surface area is 183 Å². The largest absolute Gasteiger partial charge is 0.508 e. The fourth-order valence-corrected chi connectivity index (χ4v) is 4.42. The average molecular weight is 444 g/mol. The van der Waals surface area contributed by atoms with Crippen LogP contribution in [0.5, 0.6) is 5.75 Å². The first-order chi connectivity index (χ1) is 14.4. The summed E-state index contributed by atoms with van der Waals surface area (Å²) in [6.45, 7) is 2.14. The zero-order valence-electron chi connectivity index (χ0n) is 15.9. The van der Waals surface area contributed by atoms with Crippen molar-refractivity contribution in [3.05, 3.63) is 69.5 Å². The van der Waals surface area contributed by atoms with Crippen molar-refractivity contribution in [3.63, 3.8) is 0 Å². The summed E-state index contributed by atoms with van der Waals surface area (Å²) in [4.78, 5) is 14.5. The van der Waals surface area contributed by atoms with Gasteiger partial charge < -0.3 is 14.9 Å². The Balaban J connectivity index is 1.77. The molecule has 0 saturated carbocycles. The lowest BCUT2D eigenvalue weighted by molar-refractivity contribution is -0.119. The van der Waals surface area contributed by atoms with Crippen molar-refractivity contribution in [2.45, 2.75) is 0 Å². The van der Waals surface area contributed by atoms with Crippen molar-refractivity contribution < 1.29 is 14.3 Å². The van der Waals surface area contributed by atoms with E-state index in [2.05, 4.69) is 12.6 Å². The second-order valence-corrected chi connectivity index (χ2v) is 7.97. The van der Waals surface area contributed by atoms with Crippen LogP contribution in [0.1, 0.15) is 5.56 Å². The molecule has 4 rings (SSSR count). The monoisotopic (exact) mass is 443 g/mol. The number of carbonyl (C=O) groups is 1. The van der Waals surface area contributed by atoms with Gasteiger partial charge in [0.25, 0.3) is 0 Å². The topological polar surface area (TPSA) is 67.6 Å². The second kappa shape index (κ2) is 8.16.